The fourth-order valence-corrected chi connectivity index (χ4v) is 2.83. The van der Waals surface area contributed by atoms with Crippen LogP contribution < -0.4 is 5.73 Å². The van der Waals surface area contributed by atoms with E-state index in [1.54, 1.807) is 0 Å². The van der Waals surface area contributed by atoms with Gasteiger partial charge < -0.3 is 20.9 Å². The first-order valence-electron chi connectivity index (χ1n) is 5.57. The third kappa shape index (κ3) is 2.23. The minimum atomic E-state index is -0.108. The van der Waals surface area contributed by atoms with Gasteiger partial charge in [0.15, 0.2) is 0 Å². The molecule has 1 aliphatic carbocycles. The summed E-state index contributed by atoms with van der Waals surface area (Å²) in [6.45, 7) is 2.85. The van der Waals surface area contributed by atoms with E-state index in [1.807, 2.05) is 0 Å². The van der Waals surface area contributed by atoms with Gasteiger partial charge in [-0.15, -0.1) is 0 Å². The average molecular weight is 213 g/mol. The lowest BCUT2D eigenvalue weighted by molar-refractivity contribution is 0.124. The van der Waals surface area contributed by atoms with Gasteiger partial charge in [-0.25, -0.2) is 0 Å². The molecule has 1 aliphatic heterocycles. The van der Waals surface area contributed by atoms with E-state index in [0.29, 0.717) is 18.3 Å². The SMILES string of the molecule is NC(CCN1CC2CCC(O)C2C1)=NO. The summed E-state index contributed by atoms with van der Waals surface area (Å²) in [6.07, 6.45) is 2.60. The van der Waals surface area contributed by atoms with Crippen LogP contribution in [0.25, 0.3) is 0 Å². The smallest absolute Gasteiger partial charge is 0.140 e. The molecule has 3 unspecified atom stereocenters. The first-order chi connectivity index (χ1) is 7.20. The summed E-state index contributed by atoms with van der Waals surface area (Å²) < 4.78 is 0. The van der Waals surface area contributed by atoms with E-state index in [-0.39, 0.29) is 11.9 Å². The van der Waals surface area contributed by atoms with Gasteiger partial charge in [-0.2, -0.15) is 0 Å². The maximum absolute atomic E-state index is 9.73. The summed E-state index contributed by atoms with van der Waals surface area (Å²) in [5.74, 6) is 1.40. The average Bonchev–Trinajstić information content (AvgIpc) is 2.78. The van der Waals surface area contributed by atoms with E-state index in [4.69, 9.17) is 10.9 Å². The highest BCUT2D eigenvalue weighted by atomic mass is 16.4. The molecule has 15 heavy (non-hydrogen) atoms. The standard InChI is InChI=1S/C10H19N3O2/c11-10(12-15)3-4-13-5-7-1-2-9(14)8(7)6-13/h7-9,14-15H,1-6H2,(H2,11,12). The number of nitrogens with two attached hydrogens (primary N) is 1. The Kier molecular flexibility index (Phi) is 3.11. The van der Waals surface area contributed by atoms with Crippen LogP contribution in [0.5, 0.6) is 0 Å². The summed E-state index contributed by atoms with van der Waals surface area (Å²) in [6, 6.07) is 0. The van der Waals surface area contributed by atoms with E-state index in [9.17, 15) is 5.11 Å². The van der Waals surface area contributed by atoms with Crippen LogP contribution in [0.2, 0.25) is 0 Å². The molecule has 0 aromatic rings. The molecule has 0 spiro atoms. The zero-order valence-corrected chi connectivity index (χ0v) is 8.84. The second-order valence-electron chi connectivity index (χ2n) is 4.67. The molecule has 0 aromatic carbocycles. The fraction of sp³-hybridized carbons (Fsp3) is 0.900. The number of fused-ring (bicyclic) bond motifs is 1. The van der Waals surface area contributed by atoms with Gasteiger partial charge in [0.2, 0.25) is 0 Å². The fourth-order valence-electron chi connectivity index (χ4n) is 2.83. The van der Waals surface area contributed by atoms with E-state index in [1.165, 1.54) is 0 Å². The Bertz CT molecular complexity index is 257. The number of aliphatic hydroxyl groups is 1. The Balaban J connectivity index is 1.79. The molecule has 86 valence electrons. The van der Waals surface area contributed by atoms with Crippen LogP contribution in [0, 0.1) is 11.8 Å². The predicted molar refractivity (Wildman–Crippen MR) is 56.7 cm³/mol. The van der Waals surface area contributed by atoms with Crippen molar-refractivity contribution in [2.75, 3.05) is 19.6 Å². The van der Waals surface area contributed by atoms with Crippen molar-refractivity contribution in [1.29, 1.82) is 0 Å². The second-order valence-corrected chi connectivity index (χ2v) is 4.67. The summed E-state index contributed by atoms with van der Waals surface area (Å²) in [5, 5.41) is 21.1. The summed E-state index contributed by atoms with van der Waals surface area (Å²) in [7, 11) is 0. The van der Waals surface area contributed by atoms with Gasteiger partial charge in [0, 0.05) is 32.0 Å². The molecule has 2 aliphatic rings. The van der Waals surface area contributed by atoms with Crippen molar-refractivity contribution >= 4 is 5.84 Å². The third-order valence-electron chi connectivity index (χ3n) is 3.71. The van der Waals surface area contributed by atoms with Crippen LogP contribution in [0.15, 0.2) is 5.16 Å². The number of rotatable bonds is 3. The Morgan fingerprint density at radius 2 is 2.20 bits per heavy atom. The van der Waals surface area contributed by atoms with Crippen LogP contribution in [-0.4, -0.2) is 46.8 Å². The summed E-state index contributed by atoms with van der Waals surface area (Å²) in [5.41, 5.74) is 5.42. The zero-order valence-electron chi connectivity index (χ0n) is 8.84. The van der Waals surface area contributed by atoms with E-state index < -0.39 is 0 Å². The normalized spacial score (nSPS) is 37.1. The Morgan fingerprint density at radius 1 is 1.40 bits per heavy atom. The molecule has 3 atom stereocenters. The topological polar surface area (TPSA) is 82.1 Å². The molecular formula is C10H19N3O2. The van der Waals surface area contributed by atoms with Crippen molar-refractivity contribution in [1.82, 2.24) is 4.90 Å². The van der Waals surface area contributed by atoms with E-state index in [0.717, 1.165) is 32.5 Å². The molecule has 5 nitrogen and oxygen atoms in total. The highest BCUT2D eigenvalue weighted by Gasteiger charge is 2.41. The molecular weight excluding hydrogens is 194 g/mol. The van der Waals surface area contributed by atoms with E-state index >= 15 is 0 Å². The van der Waals surface area contributed by atoms with Crippen molar-refractivity contribution in [3.8, 4) is 0 Å². The van der Waals surface area contributed by atoms with Crippen LogP contribution in [-0.2, 0) is 0 Å². The first-order valence-corrected chi connectivity index (χ1v) is 5.57. The summed E-state index contributed by atoms with van der Waals surface area (Å²) in [4.78, 5) is 2.30. The van der Waals surface area contributed by atoms with Crippen LogP contribution in [0.1, 0.15) is 19.3 Å². The molecule has 2 fully saturated rings. The van der Waals surface area contributed by atoms with Gasteiger partial charge >= 0.3 is 0 Å². The first kappa shape index (κ1) is 10.7. The Hall–Kier alpha value is -0.810. The minimum Gasteiger partial charge on any atom is -0.409 e. The molecule has 4 N–H and O–H groups in total. The van der Waals surface area contributed by atoms with Gasteiger partial charge in [0.25, 0.3) is 0 Å². The Morgan fingerprint density at radius 3 is 2.87 bits per heavy atom. The van der Waals surface area contributed by atoms with Crippen molar-refractivity contribution in [3.63, 3.8) is 0 Å². The molecule has 0 amide bonds. The third-order valence-corrected chi connectivity index (χ3v) is 3.71. The number of hydrogen-bond donors (Lipinski definition) is 3. The van der Waals surface area contributed by atoms with Crippen molar-refractivity contribution in [2.45, 2.75) is 25.4 Å². The number of likely N-dealkylation sites (tertiary alicyclic amines) is 1. The quantitative estimate of drug-likeness (QED) is 0.263. The second kappa shape index (κ2) is 4.37. The number of hydrogen-bond acceptors (Lipinski definition) is 4. The van der Waals surface area contributed by atoms with Gasteiger partial charge in [-0.1, -0.05) is 5.16 Å². The molecule has 0 radical (unpaired) electrons. The highest BCUT2D eigenvalue weighted by molar-refractivity contribution is 5.79. The molecule has 0 bridgehead atoms. The predicted octanol–water partition coefficient (Wildman–Crippen LogP) is -0.174. The number of oxime groups is 1. The lowest BCUT2D eigenvalue weighted by atomic mass is 10.00. The van der Waals surface area contributed by atoms with Crippen LogP contribution >= 0.6 is 0 Å². The van der Waals surface area contributed by atoms with Crippen molar-refractivity contribution in [2.24, 2.45) is 22.7 Å². The lowest BCUT2D eigenvalue weighted by Crippen LogP contribution is -2.28. The number of nitrogens with zero attached hydrogens (tertiary/aromatic N) is 2. The molecule has 2 rings (SSSR count). The van der Waals surface area contributed by atoms with Gasteiger partial charge in [-0.05, 0) is 18.8 Å². The molecule has 1 heterocycles. The minimum absolute atomic E-state index is 0.108. The number of amidine groups is 1. The molecule has 1 saturated carbocycles. The maximum Gasteiger partial charge on any atom is 0.140 e. The molecule has 1 saturated heterocycles. The highest BCUT2D eigenvalue weighted by Crippen LogP contribution is 2.37. The summed E-state index contributed by atoms with van der Waals surface area (Å²) >= 11 is 0. The van der Waals surface area contributed by atoms with Crippen molar-refractivity contribution < 1.29 is 10.3 Å². The largest absolute Gasteiger partial charge is 0.409 e. The maximum atomic E-state index is 9.73. The molecule has 5 heteroatoms. The van der Waals surface area contributed by atoms with Gasteiger partial charge in [0.1, 0.15) is 5.84 Å². The van der Waals surface area contributed by atoms with E-state index in [2.05, 4.69) is 10.1 Å². The molecule has 0 aromatic heterocycles. The van der Waals surface area contributed by atoms with Gasteiger partial charge in [0.05, 0.1) is 6.10 Å². The van der Waals surface area contributed by atoms with Gasteiger partial charge in [-0.3, -0.25) is 0 Å². The lowest BCUT2D eigenvalue weighted by Gasteiger charge is -2.17. The van der Waals surface area contributed by atoms with Crippen molar-refractivity contribution in [3.05, 3.63) is 0 Å². The zero-order chi connectivity index (χ0) is 10.8. The van der Waals surface area contributed by atoms with Crippen LogP contribution in [0.4, 0.5) is 0 Å². The Labute approximate surface area is 89.5 Å². The number of aliphatic hydroxyl groups excluding tert-OH is 1. The van der Waals surface area contributed by atoms with Crippen LogP contribution in [0.3, 0.4) is 0 Å². The monoisotopic (exact) mass is 213 g/mol.